The molecule has 0 unspecified atom stereocenters. The number of Topliss-reactive ketones (excluding diaryl/α,β-unsaturated/α-hetero) is 1. The lowest BCUT2D eigenvalue weighted by atomic mass is 9.95. The van der Waals surface area contributed by atoms with Crippen LogP contribution in [0.1, 0.15) is 36.7 Å². The highest BCUT2D eigenvalue weighted by atomic mass is 19.1. The number of ether oxygens (including phenoxy) is 3. The number of carbonyl (C=O) groups excluding carboxylic acids is 2. The van der Waals surface area contributed by atoms with Crippen molar-refractivity contribution < 1.29 is 28.2 Å². The highest BCUT2D eigenvalue weighted by molar-refractivity contribution is 6.41. The predicted molar refractivity (Wildman–Crippen MR) is 74.6 cm³/mol. The number of halogens is 1. The number of rotatable bonds is 6. The molecule has 0 aliphatic heterocycles. The van der Waals surface area contributed by atoms with Gasteiger partial charge in [0, 0.05) is 11.6 Å². The van der Waals surface area contributed by atoms with Crippen LogP contribution in [0, 0.1) is 0 Å². The largest absolute Gasteiger partial charge is 0.496 e. The maximum atomic E-state index is 14.2. The number of esters is 1. The quantitative estimate of drug-likeness (QED) is 0.459. The van der Waals surface area contributed by atoms with Crippen molar-refractivity contribution in [3.8, 4) is 11.5 Å². The Bertz CT molecular complexity index is 546. The van der Waals surface area contributed by atoms with E-state index in [0.29, 0.717) is 0 Å². The lowest BCUT2D eigenvalue weighted by Gasteiger charge is -2.20. The molecule has 0 spiro atoms. The van der Waals surface area contributed by atoms with Gasteiger partial charge >= 0.3 is 5.97 Å². The van der Waals surface area contributed by atoms with Crippen molar-refractivity contribution in [1.82, 2.24) is 0 Å². The van der Waals surface area contributed by atoms with E-state index >= 15 is 0 Å². The number of hydrogen-bond acceptors (Lipinski definition) is 5. The molecular formula is C15H19FO5. The average molecular weight is 298 g/mol. The minimum absolute atomic E-state index is 0.0579. The Morgan fingerprint density at radius 1 is 1.14 bits per heavy atom. The lowest BCUT2D eigenvalue weighted by Crippen LogP contribution is -2.20. The molecule has 6 heteroatoms. The molecule has 0 aliphatic rings. The zero-order valence-corrected chi connectivity index (χ0v) is 12.8. The molecule has 0 bridgehead atoms. The van der Waals surface area contributed by atoms with Crippen LogP contribution in [0.4, 0.5) is 4.39 Å². The average Bonchev–Trinajstić information content (AvgIpc) is 2.44. The van der Waals surface area contributed by atoms with Crippen molar-refractivity contribution >= 4 is 11.8 Å². The predicted octanol–water partition coefficient (Wildman–Crippen LogP) is 2.65. The van der Waals surface area contributed by atoms with Crippen molar-refractivity contribution in [1.29, 1.82) is 0 Å². The zero-order chi connectivity index (χ0) is 16.2. The van der Waals surface area contributed by atoms with E-state index in [0.717, 1.165) is 0 Å². The fraction of sp³-hybridized carbons (Fsp3) is 0.467. The Hall–Kier alpha value is -2.11. The maximum absolute atomic E-state index is 14.2. The highest BCUT2D eigenvalue weighted by Crippen LogP contribution is 2.37. The van der Waals surface area contributed by atoms with Crippen LogP contribution in [-0.2, 0) is 15.2 Å². The van der Waals surface area contributed by atoms with Crippen LogP contribution >= 0.6 is 0 Å². The number of hydrogen-bond donors (Lipinski definition) is 0. The summed E-state index contributed by atoms with van der Waals surface area (Å²) in [6.45, 7) is 4.32. The van der Waals surface area contributed by atoms with Gasteiger partial charge in [0.25, 0.3) is 5.78 Å². The van der Waals surface area contributed by atoms with Crippen LogP contribution in [0.2, 0.25) is 0 Å². The fourth-order valence-corrected chi connectivity index (χ4v) is 1.85. The van der Waals surface area contributed by atoms with Crippen LogP contribution in [-0.4, -0.2) is 32.6 Å². The summed E-state index contributed by atoms with van der Waals surface area (Å²) in [6, 6.07) is 2.64. The molecule has 1 aromatic carbocycles. The van der Waals surface area contributed by atoms with Gasteiger partial charge in [-0.1, -0.05) is 0 Å². The fourth-order valence-electron chi connectivity index (χ4n) is 1.85. The highest BCUT2D eigenvalue weighted by Gasteiger charge is 2.29. The van der Waals surface area contributed by atoms with Gasteiger partial charge in [-0.05, 0) is 26.8 Å². The summed E-state index contributed by atoms with van der Waals surface area (Å²) in [5.74, 6) is -1.54. The second-order valence-corrected chi connectivity index (χ2v) is 4.77. The number of carbonyl (C=O) groups is 2. The van der Waals surface area contributed by atoms with Crippen molar-refractivity contribution in [2.45, 2.75) is 26.4 Å². The van der Waals surface area contributed by atoms with Gasteiger partial charge in [0.15, 0.2) is 0 Å². The molecule has 5 nitrogen and oxygen atoms in total. The molecule has 0 saturated heterocycles. The minimum Gasteiger partial charge on any atom is -0.496 e. The molecule has 0 aliphatic carbocycles. The first-order valence-electron chi connectivity index (χ1n) is 6.43. The SMILES string of the molecule is CCOC(=O)C(=O)c1cc(C(C)(C)F)c(OC)cc1OC. The summed E-state index contributed by atoms with van der Waals surface area (Å²) >= 11 is 0. The Labute approximate surface area is 123 Å². The molecule has 0 saturated carbocycles. The lowest BCUT2D eigenvalue weighted by molar-refractivity contribution is -0.137. The topological polar surface area (TPSA) is 61.8 Å². The van der Waals surface area contributed by atoms with Crippen LogP contribution in [0.5, 0.6) is 11.5 Å². The van der Waals surface area contributed by atoms with Gasteiger partial charge in [-0.15, -0.1) is 0 Å². The monoisotopic (exact) mass is 298 g/mol. The third kappa shape index (κ3) is 3.71. The molecule has 0 radical (unpaired) electrons. The Morgan fingerprint density at radius 3 is 2.14 bits per heavy atom. The second-order valence-electron chi connectivity index (χ2n) is 4.77. The minimum atomic E-state index is -1.75. The van der Waals surface area contributed by atoms with E-state index in [1.54, 1.807) is 6.92 Å². The summed E-state index contributed by atoms with van der Waals surface area (Å²) in [6.07, 6.45) is 0. The van der Waals surface area contributed by atoms with Gasteiger partial charge in [0.2, 0.25) is 0 Å². The van der Waals surface area contributed by atoms with E-state index in [9.17, 15) is 14.0 Å². The van der Waals surface area contributed by atoms with Gasteiger partial charge in [-0.2, -0.15) is 0 Å². The summed E-state index contributed by atoms with van der Waals surface area (Å²) in [5.41, 5.74) is -1.66. The van der Waals surface area contributed by atoms with Crippen LogP contribution in [0.25, 0.3) is 0 Å². The molecule has 0 aromatic heterocycles. The van der Waals surface area contributed by atoms with Gasteiger partial charge < -0.3 is 14.2 Å². The molecule has 1 rings (SSSR count). The summed E-state index contributed by atoms with van der Waals surface area (Å²) < 4.78 is 29.1. The van der Waals surface area contributed by atoms with E-state index in [4.69, 9.17) is 9.47 Å². The van der Waals surface area contributed by atoms with Crippen LogP contribution < -0.4 is 9.47 Å². The third-order valence-corrected chi connectivity index (χ3v) is 2.87. The first-order valence-corrected chi connectivity index (χ1v) is 6.43. The molecular weight excluding hydrogens is 279 g/mol. The van der Waals surface area contributed by atoms with Crippen molar-refractivity contribution in [3.63, 3.8) is 0 Å². The number of benzene rings is 1. The molecule has 1 aromatic rings. The molecule has 0 atom stereocenters. The van der Waals surface area contributed by atoms with E-state index in [1.807, 2.05) is 0 Å². The van der Waals surface area contributed by atoms with Crippen molar-refractivity contribution in [3.05, 3.63) is 23.3 Å². The Morgan fingerprint density at radius 2 is 1.71 bits per heavy atom. The van der Waals surface area contributed by atoms with E-state index < -0.39 is 17.4 Å². The number of alkyl halides is 1. The molecule has 116 valence electrons. The van der Waals surface area contributed by atoms with Crippen molar-refractivity contribution in [2.75, 3.05) is 20.8 Å². The normalized spacial score (nSPS) is 11.0. The first-order chi connectivity index (χ1) is 9.76. The van der Waals surface area contributed by atoms with E-state index in [2.05, 4.69) is 4.74 Å². The third-order valence-electron chi connectivity index (χ3n) is 2.87. The second kappa shape index (κ2) is 6.56. The van der Waals surface area contributed by atoms with Crippen LogP contribution in [0.3, 0.4) is 0 Å². The Kier molecular flexibility index (Phi) is 5.29. The first kappa shape index (κ1) is 16.9. The van der Waals surface area contributed by atoms with Gasteiger partial charge in [-0.25, -0.2) is 9.18 Å². The summed E-state index contributed by atoms with van der Waals surface area (Å²) in [5, 5.41) is 0. The molecule has 21 heavy (non-hydrogen) atoms. The van der Waals surface area contributed by atoms with Gasteiger partial charge in [0.1, 0.15) is 17.2 Å². The molecule has 0 fully saturated rings. The smallest absolute Gasteiger partial charge is 0.379 e. The van der Waals surface area contributed by atoms with Crippen molar-refractivity contribution in [2.24, 2.45) is 0 Å². The van der Waals surface area contributed by atoms with Gasteiger partial charge in [0.05, 0.1) is 26.4 Å². The Balaban J connectivity index is 3.44. The summed E-state index contributed by atoms with van der Waals surface area (Å²) in [7, 11) is 2.73. The maximum Gasteiger partial charge on any atom is 0.379 e. The van der Waals surface area contributed by atoms with E-state index in [-0.39, 0.29) is 29.2 Å². The zero-order valence-electron chi connectivity index (χ0n) is 12.8. The number of ketones is 1. The summed E-state index contributed by atoms with van der Waals surface area (Å²) in [4.78, 5) is 23.7. The molecule has 0 amide bonds. The van der Waals surface area contributed by atoms with Crippen LogP contribution in [0.15, 0.2) is 12.1 Å². The number of methoxy groups -OCH3 is 2. The molecule has 0 heterocycles. The van der Waals surface area contributed by atoms with Gasteiger partial charge in [-0.3, -0.25) is 4.79 Å². The van der Waals surface area contributed by atoms with E-state index in [1.165, 1.54) is 40.2 Å². The molecule has 0 N–H and O–H groups in total. The standard InChI is InChI=1S/C15H19FO5/c1-6-21-14(18)13(17)9-7-10(15(2,3)16)12(20-5)8-11(9)19-4/h7-8H,6H2,1-5H3.